The van der Waals surface area contributed by atoms with Gasteiger partial charge in [0.2, 0.25) is 5.91 Å². The van der Waals surface area contributed by atoms with E-state index < -0.39 is 18.7 Å². The van der Waals surface area contributed by atoms with Crippen LogP contribution in [-0.4, -0.2) is 30.4 Å². The minimum atomic E-state index is -0.886. The quantitative estimate of drug-likeness (QED) is 0.547. The van der Waals surface area contributed by atoms with E-state index in [2.05, 4.69) is 5.32 Å². The molecule has 0 saturated heterocycles. The summed E-state index contributed by atoms with van der Waals surface area (Å²) in [5.74, 6) is -0.693. The highest BCUT2D eigenvalue weighted by molar-refractivity contribution is 6.30. The second kappa shape index (κ2) is 9.73. The average Bonchev–Trinajstić information content (AvgIpc) is 2.66. The van der Waals surface area contributed by atoms with Crippen LogP contribution in [0.3, 0.4) is 0 Å². The molecule has 0 bridgehead atoms. The molecule has 142 valence electrons. The summed E-state index contributed by atoms with van der Waals surface area (Å²) in [6.45, 7) is 2.88. The third-order valence-electron chi connectivity index (χ3n) is 3.60. The Bertz CT molecular complexity index is 819. The van der Waals surface area contributed by atoms with Gasteiger partial charge in [0.25, 0.3) is 0 Å². The van der Waals surface area contributed by atoms with E-state index in [4.69, 9.17) is 21.1 Å². The Balaban J connectivity index is 1.85. The number of nitrogens with one attached hydrogen (secondary N) is 1. The number of Topliss-reactive ketones (excluding diaryl/α,β-unsaturated/α-hetero) is 1. The van der Waals surface area contributed by atoms with Crippen LogP contribution in [0.2, 0.25) is 5.02 Å². The van der Waals surface area contributed by atoms with Gasteiger partial charge < -0.3 is 14.8 Å². The summed E-state index contributed by atoms with van der Waals surface area (Å²) >= 11 is 5.86. The van der Waals surface area contributed by atoms with Crippen molar-refractivity contribution in [1.29, 1.82) is 0 Å². The predicted octanol–water partition coefficient (Wildman–Crippen LogP) is 3.88. The zero-order chi connectivity index (χ0) is 19.8. The average molecular weight is 390 g/mol. The van der Waals surface area contributed by atoms with Gasteiger partial charge in [-0.25, -0.2) is 4.79 Å². The first-order chi connectivity index (χ1) is 12.9. The van der Waals surface area contributed by atoms with E-state index in [9.17, 15) is 14.4 Å². The van der Waals surface area contributed by atoms with E-state index in [1.165, 1.54) is 6.92 Å². The van der Waals surface area contributed by atoms with Gasteiger partial charge in [0, 0.05) is 22.7 Å². The lowest BCUT2D eigenvalue weighted by Gasteiger charge is -2.14. The van der Waals surface area contributed by atoms with Crippen molar-refractivity contribution in [3.8, 4) is 5.75 Å². The zero-order valence-electron chi connectivity index (χ0n) is 15.0. The van der Waals surface area contributed by atoms with Crippen LogP contribution >= 0.6 is 11.6 Å². The standard InChI is InChI=1S/C20H20ClNO5/c1-3-19(24)22-16-9-7-14(8-10-16)18(23)12-26-20(25)13(2)27-17-6-4-5-15(21)11-17/h4-11,13H,3,12H2,1-2H3,(H,22,24). The molecular weight excluding hydrogens is 370 g/mol. The number of anilines is 1. The van der Waals surface area contributed by atoms with Crippen LogP contribution in [0.25, 0.3) is 0 Å². The number of rotatable bonds is 8. The fourth-order valence-electron chi connectivity index (χ4n) is 2.12. The fraction of sp³-hybridized carbons (Fsp3) is 0.250. The number of carbonyl (C=O) groups excluding carboxylic acids is 3. The highest BCUT2D eigenvalue weighted by atomic mass is 35.5. The lowest BCUT2D eigenvalue weighted by Crippen LogP contribution is -2.28. The molecule has 0 aromatic heterocycles. The Morgan fingerprint density at radius 3 is 2.44 bits per heavy atom. The Morgan fingerprint density at radius 2 is 1.81 bits per heavy atom. The highest BCUT2D eigenvalue weighted by Crippen LogP contribution is 2.18. The molecule has 27 heavy (non-hydrogen) atoms. The number of halogens is 1. The van der Waals surface area contributed by atoms with E-state index in [0.29, 0.717) is 28.4 Å². The summed E-state index contributed by atoms with van der Waals surface area (Å²) in [6, 6.07) is 13.0. The number of ketones is 1. The molecule has 2 aromatic carbocycles. The normalized spacial score (nSPS) is 11.4. The molecule has 1 unspecified atom stereocenters. The minimum Gasteiger partial charge on any atom is -0.479 e. The van der Waals surface area contributed by atoms with E-state index in [1.807, 2.05) is 0 Å². The summed E-state index contributed by atoms with van der Waals surface area (Å²) in [7, 11) is 0. The van der Waals surface area contributed by atoms with Gasteiger partial charge in [0.05, 0.1) is 0 Å². The number of esters is 1. The number of carbonyl (C=O) groups is 3. The van der Waals surface area contributed by atoms with Crippen LogP contribution in [0.4, 0.5) is 5.69 Å². The summed E-state index contributed by atoms with van der Waals surface area (Å²) in [6.07, 6.45) is -0.519. The molecule has 1 N–H and O–H groups in total. The van der Waals surface area contributed by atoms with Gasteiger partial charge in [-0.1, -0.05) is 24.6 Å². The molecule has 1 atom stereocenters. The molecule has 2 aromatic rings. The number of benzene rings is 2. The Labute approximate surface area is 162 Å². The third-order valence-corrected chi connectivity index (χ3v) is 3.83. The molecule has 0 radical (unpaired) electrons. The molecule has 0 aliphatic carbocycles. The highest BCUT2D eigenvalue weighted by Gasteiger charge is 2.18. The smallest absolute Gasteiger partial charge is 0.347 e. The molecule has 0 heterocycles. The molecule has 0 aliphatic heterocycles. The van der Waals surface area contributed by atoms with Crippen molar-refractivity contribution in [1.82, 2.24) is 0 Å². The van der Waals surface area contributed by atoms with Crippen molar-refractivity contribution in [3.05, 3.63) is 59.1 Å². The molecule has 0 fully saturated rings. The molecule has 0 spiro atoms. The first-order valence-corrected chi connectivity index (χ1v) is 8.78. The van der Waals surface area contributed by atoms with Crippen LogP contribution in [0.15, 0.2) is 48.5 Å². The van der Waals surface area contributed by atoms with Gasteiger partial charge in [-0.15, -0.1) is 0 Å². The monoisotopic (exact) mass is 389 g/mol. The lowest BCUT2D eigenvalue weighted by atomic mass is 10.1. The van der Waals surface area contributed by atoms with Gasteiger partial charge >= 0.3 is 5.97 Å². The van der Waals surface area contributed by atoms with Crippen LogP contribution in [0.5, 0.6) is 5.75 Å². The lowest BCUT2D eigenvalue weighted by molar-refractivity contribution is -0.149. The van der Waals surface area contributed by atoms with Crippen molar-refractivity contribution in [2.24, 2.45) is 0 Å². The molecule has 6 nitrogen and oxygen atoms in total. The fourth-order valence-corrected chi connectivity index (χ4v) is 2.30. The van der Waals surface area contributed by atoms with E-state index in [0.717, 1.165) is 0 Å². The van der Waals surface area contributed by atoms with Crippen molar-refractivity contribution >= 4 is 34.9 Å². The molecule has 2 rings (SSSR count). The van der Waals surface area contributed by atoms with Crippen LogP contribution < -0.4 is 10.1 Å². The van der Waals surface area contributed by atoms with Gasteiger partial charge in [0.15, 0.2) is 18.5 Å². The number of hydrogen-bond acceptors (Lipinski definition) is 5. The maximum atomic E-state index is 12.1. The molecule has 0 aliphatic rings. The summed E-state index contributed by atoms with van der Waals surface area (Å²) < 4.78 is 10.5. The van der Waals surface area contributed by atoms with Gasteiger partial charge in [-0.05, 0) is 49.4 Å². The number of ether oxygens (including phenoxy) is 2. The zero-order valence-corrected chi connectivity index (χ0v) is 15.8. The van der Waals surface area contributed by atoms with E-state index in [-0.39, 0.29) is 11.7 Å². The van der Waals surface area contributed by atoms with Crippen LogP contribution in [0.1, 0.15) is 30.6 Å². The Kier molecular flexibility index (Phi) is 7.37. The largest absolute Gasteiger partial charge is 0.479 e. The summed E-state index contributed by atoms with van der Waals surface area (Å²) in [4.78, 5) is 35.5. The second-order valence-corrected chi connectivity index (χ2v) is 6.16. The molecule has 0 saturated carbocycles. The van der Waals surface area contributed by atoms with Crippen molar-refractivity contribution < 1.29 is 23.9 Å². The maximum absolute atomic E-state index is 12.1. The van der Waals surface area contributed by atoms with Crippen molar-refractivity contribution in [3.63, 3.8) is 0 Å². The Morgan fingerprint density at radius 1 is 1.11 bits per heavy atom. The third kappa shape index (κ3) is 6.42. The van der Waals surface area contributed by atoms with Gasteiger partial charge in [-0.3, -0.25) is 9.59 Å². The van der Waals surface area contributed by atoms with Crippen LogP contribution in [0, 0.1) is 0 Å². The van der Waals surface area contributed by atoms with Crippen molar-refractivity contribution in [2.75, 3.05) is 11.9 Å². The maximum Gasteiger partial charge on any atom is 0.347 e. The number of amides is 1. The van der Waals surface area contributed by atoms with Gasteiger partial charge in [0.1, 0.15) is 5.75 Å². The first kappa shape index (κ1) is 20.5. The molecule has 1 amide bonds. The first-order valence-electron chi connectivity index (χ1n) is 8.41. The Hall–Kier alpha value is -2.86. The predicted molar refractivity (Wildman–Crippen MR) is 102 cm³/mol. The summed E-state index contributed by atoms with van der Waals surface area (Å²) in [5, 5.41) is 3.18. The van der Waals surface area contributed by atoms with E-state index >= 15 is 0 Å². The van der Waals surface area contributed by atoms with Crippen LogP contribution in [-0.2, 0) is 14.3 Å². The topological polar surface area (TPSA) is 81.7 Å². The minimum absolute atomic E-state index is 0.114. The second-order valence-electron chi connectivity index (χ2n) is 5.73. The van der Waals surface area contributed by atoms with Crippen molar-refractivity contribution in [2.45, 2.75) is 26.4 Å². The number of hydrogen-bond donors (Lipinski definition) is 1. The SMILES string of the molecule is CCC(=O)Nc1ccc(C(=O)COC(=O)C(C)Oc2cccc(Cl)c2)cc1. The summed E-state index contributed by atoms with van der Waals surface area (Å²) in [5.41, 5.74) is 0.972. The molecule has 7 heteroatoms. The van der Waals surface area contributed by atoms with E-state index in [1.54, 1.807) is 55.5 Å². The molecular formula is C20H20ClNO5. The van der Waals surface area contributed by atoms with Gasteiger partial charge in [-0.2, -0.15) is 0 Å².